The molecule has 0 spiro atoms. The minimum atomic E-state index is -0.0294. The molecule has 2 amide bonds. The Labute approximate surface area is 141 Å². The van der Waals surface area contributed by atoms with Crippen molar-refractivity contribution in [1.82, 2.24) is 5.32 Å². The summed E-state index contributed by atoms with van der Waals surface area (Å²) in [4.78, 5) is 26.1. The van der Waals surface area contributed by atoms with Crippen LogP contribution < -0.4 is 15.0 Å². The van der Waals surface area contributed by atoms with Gasteiger partial charge in [0.25, 0.3) is 5.91 Å². The standard InChI is InChI=1S/C19H22N2O3/c22-18-12-24-17-5-2-1-4-16(17)21(18)9-3-8-20-19(23)15-11-13-6-7-14(15)10-13/h1-2,4-7,13-15H,3,8-12H2,(H,20,23)/t13-,14-,15-/m0/s1. The van der Waals surface area contributed by atoms with Crippen LogP contribution in [0.4, 0.5) is 5.69 Å². The van der Waals surface area contributed by atoms with E-state index in [1.165, 1.54) is 0 Å². The lowest BCUT2D eigenvalue weighted by molar-refractivity contribution is -0.125. The molecule has 1 aromatic carbocycles. The van der Waals surface area contributed by atoms with Crippen LogP contribution >= 0.6 is 0 Å². The summed E-state index contributed by atoms with van der Waals surface area (Å²) in [5, 5.41) is 3.05. The molecule has 0 saturated heterocycles. The minimum Gasteiger partial charge on any atom is -0.482 e. The first kappa shape index (κ1) is 15.2. The van der Waals surface area contributed by atoms with Gasteiger partial charge in [0.05, 0.1) is 5.69 Å². The molecule has 0 aromatic heterocycles. The number of allylic oxidation sites excluding steroid dienone is 2. The molecule has 2 aliphatic carbocycles. The van der Waals surface area contributed by atoms with E-state index in [4.69, 9.17) is 4.74 Å². The number of nitrogens with one attached hydrogen (secondary N) is 1. The number of hydrogen-bond donors (Lipinski definition) is 1. The lowest BCUT2D eigenvalue weighted by Crippen LogP contribution is -2.41. The van der Waals surface area contributed by atoms with Crippen molar-refractivity contribution in [3.63, 3.8) is 0 Å². The van der Waals surface area contributed by atoms with Gasteiger partial charge in [0.15, 0.2) is 6.61 Å². The molecule has 2 bridgehead atoms. The lowest BCUT2D eigenvalue weighted by atomic mass is 9.93. The maximum Gasteiger partial charge on any atom is 0.265 e. The van der Waals surface area contributed by atoms with E-state index in [0.29, 0.717) is 24.9 Å². The summed E-state index contributed by atoms with van der Waals surface area (Å²) < 4.78 is 5.44. The fourth-order valence-corrected chi connectivity index (χ4v) is 4.06. The first-order valence-corrected chi connectivity index (χ1v) is 8.70. The van der Waals surface area contributed by atoms with E-state index in [0.717, 1.165) is 30.7 Å². The highest BCUT2D eigenvalue weighted by molar-refractivity contribution is 5.97. The zero-order chi connectivity index (χ0) is 16.5. The van der Waals surface area contributed by atoms with E-state index in [-0.39, 0.29) is 24.3 Å². The maximum atomic E-state index is 12.3. The molecule has 4 rings (SSSR count). The van der Waals surface area contributed by atoms with Crippen LogP contribution in [-0.4, -0.2) is 31.5 Å². The predicted molar refractivity (Wildman–Crippen MR) is 90.8 cm³/mol. The van der Waals surface area contributed by atoms with E-state index in [1.807, 2.05) is 24.3 Å². The molecule has 5 nitrogen and oxygen atoms in total. The van der Waals surface area contributed by atoms with Crippen LogP contribution in [0.1, 0.15) is 19.3 Å². The van der Waals surface area contributed by atoms with Gasteiger partial charge in [0.2, 0.25) is 5.91 Å². The highest BCUT2D eigenvalue weighted by atomic mass is 16.5. The number of para-hydroxylation sites is 2. The summed E-state index contributed by atoms with van der Waals surface area (Å²) in [6.45, 7) is 1.28. The summed E-state index contributed by atoms with van der Waals surface area (Å²) in [6, 6.07) is 7.57. The average Bonchev–Trinajstić information content (AvgIpc) is 3.23. The van der Waals surface area contributed by atoms with Gasteiger partial charge in [-0.3, -0.25) is 9.59 Å². The molecular weight excluding hydrogens is 304 g/mol. The second kappa shape index (κ2) is 6.30. The summed E-state index contributed by atoms with van der Waals surface area (Å²) in [5.41, 5.74) is 0.818. The van der Waals surface area contributed by atoms with Crippen molar-refractivity contribution in [3.8, 4) is 5.75 Å². The normalized spacial score (nSPS) is 27.1. The zero-order valence-electron chi connectivity index (χ0n) is 13.6. The van der Waals surface area contributed by atoms with Crippen molar-refractivity contribution in [2.75, 3.05) is 24.6 Å². The Morgan fingerprint density at radius 3 is 2.92 bits per heavy atom. The Kier molecular flexibility index (Phi) is 4.00. The number of ether oxygens (including phenoxy) is 1. The van der Waals surface area contributed by atoms with Gasteiger partial charge in [-0.1, -0.05) is 24.3 Å². The summed E-state index contributed by atoms with van der Waals surface area (Å²) in [6.07, 6.45) is 7.31. The first-order chi connectivity index (χ1) is 11.7. The van der Waals surface area contributed by atoms with Crippen LogP contribution in [0, 0.1) is 17.8 Å². The molecule has 1 saturated carbocycles. The fraction of sp³-hybridized carbons (Fsp3) is 0.474. The molecule has 1 N–H and O–H groups in total. The van der Waals surface area contributed by atoms with E-state index >= 15 is 0 Å². The molecule has 24 heavy (non-hydrogen) atoms. The number of hydrogen-bond acceptors (Lipinski definition) is 3. The van der Waals surface area contributed by atoms with Gasteiger partial charge >= 0.3 is 0 Å². The highest BCUT2D eigenvalue weighted by Crippen LogP contribution is 2.43. The molecule has 1 heterocycles. The molecule has 1 fully saturated rings. The van der Waals surface area contributed by atoms with Crippen molar-refractivity contribution in [1.29, 1.82) is 0 Å². The van der Waals surface area contributed by atoms with Crippen molar-refractivity contribution in [2.45, 2.75) is 19.3 Å². The number of rotatable bonds is 5. The van der Waals surface area contributed by atoms with Gasteiger partial charge in [-0.05, 0) is 43.2 Å². The molecule has 0 radical (unpaired) electrons. The Morgan fingerprint density at radius 1 is 1.25 bits per heavy atom. The molecule has 5 heteroatoms. The topological polar surface area (TPSA) is 58.6 Å². The molecule has 1 aliphatic heterocycles. The highest BCUT2D eigenvalue weighted by Gasteiger charge is 2.39. The van der Waals surface area contributed by atoms with E-state index < -0.39 is 0 Å². The van der Waals surface area contributed by atoms with Gasteiger partial charge in [-0.25, -0.2) is 0 Å². The Hall–Kier alpha value is -2.30. The van der Waals surface area contributed by atoms with Crippen LogP contribution in [0.2, 0.25) is 0 Å². The summed E-state index contributed by atoms with van der Waals surface area (Å²) in [5.74, 6) is 2.07. The predicted octanol–water partition coefficient (Wildman–Crippen LogP) is 2.13. The molecule has 3 atom stereocenters. The number of carbonyl (C=O) groups excluding carboxylic acids is 2. The molecule has 0 unspecified atom stereocenters. The molecular formula is C19H22N2O3. The summed E-state index contributed by atoms with van der Waals surface area (Å²) >= 11 is 0. The molecule has 126 valence electrons. The monoisotopic (exact) mass is 326 g/mol. The third-order valence-corrected chi connectivity index (χ3v) is 5.28. The Morgan fingerprint density at radius 2 is 2.12 bits per heavy atom. The number of nitrogens with zero attached hydrogens (tertiary/aromatic N) is 1. The third kappa shape index (κ3) is 2.79. The van der Waals surface area contributed by atoms with Gasteiger partial charge in [0.1, 0.15) is 5.75 Å². The van der Waals surface area contributed by atoms with Crippen molar-refractivity contribution in [3.05, 3.63) is 36.4 Å². The van der Waals surface area contributed by atoms with Crippen molar-refractivity contribution < 1.29 is 14.3 Å². The van der Waals surface area contributed by atoms with Gasteiger partial charge in [0, 0.05) is 19.0 Å². The van der Waals surface area contributed by atoms with Gasteiger partial charge in [-0.2, -0.15) is 0 Å². The Balaban J connectivity index is 1.28. The largest absolute Gasteiger partial charge is 0.482 e. The molecule has 1 aromatic rings. The smallest absolute Gasteiger partial charge is 0.265 e. The second-order valence-corrected chi connectivity index (χ2v) is 6.83. The minimum absolute atomic E-state index is 0.0294. The van der Waals surface area contributed by atoms with E-state index in [1.54, 1.807) is 4.90 Å². The number of carbonyl (C=O) groups is 2. The fourth-order valence-electron chi connectivity index (χ4n) is 4.06. The maximum absolute atomic E-state index is 12.3. The first-order valence-electron chi connectivity index (χ1n) is 8.70. The number of fused-ring (bicyclic) bond motifs is 3. The van der Waals surface area contributed by atoms with Crippen LogP contribution in [0.5, 0.6) is 5.75 Å². The summed E-state index contributed by atoms with van der Waals surface area (Å²) in [7, 11) is 0. The third-order valence-electron chi connectivity index (χ3n) is 5.28. The molecule has 3 aliphatic rings. The van der Waals surface area contributed by atoms with Crippen LogP contribution in [0.3, 0.4) is 0 Å². The number of anilines is 1. The van der Waals surface area contributed by atoms with Crippen LogP contribution in [0.15, 0.2) is 36.4 Å². The zero-order valence-corrected chi connectivity index (χ0v) is 13.6. The van der Waals surface area contributed by atoms with E-state index in [2.05, 4.69) is 17.5 Å². The second-order valence-electron chi connectivity index (χ2n) is 6.83. The van der Waals surface area contributed by atoms with Crippen LogP contribution in [-0.2, 0) is 9.59 Å². The Bertz CT molecular complexity index is 685. The SMILES string of the molecule is O=C(NCCCN1C(=O)COc2ccccc21)[C@H]1C[C@H]2C=C[C@H]1C2. The van der Waals surface area contributed by atoms with Gasteiger partial charge in [-0.15, -0.1) is 0 Å². The van der Waals surface area contributed by atoms with Crippen LogP contribution in [0.25, 0.3) is 0 Å². The lowest BCUT2D eigenvalue weighted by Gasteiger charge is -2.29. The number of amides is 2. The average molecular weight is 326 g/mol. The van der Waals surface area contributed by atoms with E-state index in [9.17, 15) is 9.59 Å². The quantitative estimate of drug-likeness (QED) is 0.666. The van der Waals surface area contributed by atoms with Gasteiger partial charge < -0.3 is 15.0 Å². The number of benzene rings is 1. The van der Waals surface area contributed by atoms with Crippen molar-refractivity contribution in [2.24, 2.45) is 17.8 Å². The van der Waals surface area contributed by atoms with Crippen molar-refractivity contribution >= 4 is 17.5 Å².